The molecule has 2 aliphatic rings. The molecule has 6 heteroatoms. The Morgan fingerprint density at radius 1 is 1.00 bits per heavy atom. The molecule has 0 aliphatic carbocycles. The number of amides is 2. The summed E-state index contributed by atoms with van der Waals surface area (Å²) in [6, 6.07) is -0.356. The van der Waals surface area contributed by atoms with Crippen LogP contribution < -0.4 is 0 Å². The fourth-order valence-corrected chi connectivity index (χ4v) is 3.34. The van der Waals surface area contributed by atoms with Gasteiger partial charge in [0.25, 0.3) is 0 Å². The zero-order chi connectivity index (χ0) is 16.3. The van der Waals surface area contributed by atoms with Crippen LogP contribution in [0.4, 0.5) is 0 Å². The first-order chi connectivity index (χ1) is 10.4. The molecule has 22 heavy (non-hydrogen) atoms. The molecule has 2 fully saturated rings. The molecule has 124 valence electrons. The highest BCUT2D eigenvalue weighted by Gasteiger charge is 2.37. The minimum atomic E-state index is -0.777. The predicted molar refractivity (Wildman–Crippen MR) is 81.1 cm³/mol. The van der Waals surface area contributed by atoms with E-state index in [1.165, 1.54) is 0 Å². The van der Waals surface area contributed by atoms with Crippen molar-refractivity contribution in [3.8, 4) is 0 Å². The van der Waals surface area contributed by atoms with Crippen LogP contribution in [0.15, 0.2) is 0 Å². The van der Waals surface area contributed by atoms with Gasteiger partial charge in [0.1, 0.15) is 6.04 Å². The van der Waals surface area contributed by atoms with E-state index in [-0.39, 0.29) is 29.7 Å². The Labute approximate surface area is 131 Å². The molecule has 0 aromatic rings. The van der Waals surface area contributed by atoms with Crippen LogP contribution in [0.2, 0.25) is 0 Å². The number of rotatable bonds is 3. The summed E-state index contributed by atoms with van der Waals surface area (Å²) in [5, 5.41) is 9.03. The predicted octanol–water partition coefficient (Wildman–Crippen LogP) is 1.35. The smallest absolute Gasteiger partial charge is 0.306 e. The molecule has 2 heterocycles. The number of carbonyl (C=O) groups is 3. The van der Waals surface area contributed by atoms with Crippen molar-refractivity contribution >= 4 is 17.8 Å². The lowest BCUT2D eigenvalue weighted by Crippen LogP contribution is -2.55. The van der Waals surface area contributed by atoms with Crippen molar-refractivity contribution in [2.24, 2.45) is 11.8 Å². The van der Waals surface area contributed by atoms with Gasteiger partial charge in [0.15, 0.2) is 0 Å². The quantitative estimate of drug-likeness (QED) is 0.853. The van der Waals surface area contributed by atoms with Crippen molar-refractivity contribution in [1.29, 1.82) is 0 Å². The van der Waals surface area contributed by atoms with Gasteiger partial charge in [-0.3, -0.25) is 14.4 Å². The first-order valence-electron chi connectivity index (χ1n) is 8.24. The molecule has 2 saturated heterocycles. The summed E-state index contributed by atoms with van der Waals surface area (Å²) in [7, 11) is 0. The molecule has 0 aromatic carbocycles. The van der Waals surface area contributed by atoms with E-state index in [1.54, 1.807) is 9.80 Å². The molecule has 2 amide bonds. The minimum absolute atomic E-state index is 0.00228. The first kappa shape index (κ1) is 16.8. The summed E-state index contributed by atoms with van der Waals surface area (Å²) < 4.78 is 0. The van der Waals surface area contributed by atoms with Gasteiger partial charge in [-0.05, 0) is 32.1 Å². The van der Waals surface area contributed by atoms with Gasteiger partial charge < -0.3 is 14.9 Å². The largest absolute Gasteiger partial charge is 0.481 e. The van der Waals surface area contributed by atoms with Crippen molar-refractivity contribution in [2.75, 3.05) is 19.6 Å². The average Bonchev–Trinajstić information content (AvgIpc) is 2.53. The molecule has 0 spiro atoms. The second-order valence-electron chi connectivity index (χ2n) is 6.64. The van der Waals surface area contributed by atoms with Crippen molar-refractivity contribution in [1.82, 2.24) is 9.80 Å². The lowest BCUT2D eigenvalue weighted by atomic mass is 9.94. The summed E-state index contributed by atoms with van der Waals surface area (Å²) in [5.74, 6) is -1.19. The fraction of sp³-hybridized carbons (Fsp3) is 0.812. The maximum atomic E-state index is 12.8. The number of aliphatic carboxylic acids is 1. The Bertz CT molecular complexity index is 441. The van der Waals surface area contributed by atoms with E-state index in [0.29, 0.717) is 32.5 Å². The van der Waals surface area contributed by atoms with Gasteiger partial charge in [0, 0.05) is 25.6 Å². The minimum Gasteiger partial charge on any atom is -0.481 e. The molecule has 0 saturated carbocycles. The van der Waals surface area contributed by atoms with Gasteiger partial charge in [-0.15, -0.1) is 0 Å². The number of hydrogen-bond acceptors (Lipinski definition) is 3. The molecular weight excluding hydrogens is 284 g/mol. The Kier molecular flexibility index (Phi) is 5.42. The molecular formula is C16H26N2O4. The zero-order valence-corrected chi connectivity index (χ0v) is 13.5. The normalized spacial score (nSPS) is 23.7. The summed E-state index contributed by atoms with van der Waals surface area (Å²) in [5.41, 5.74) is 0. The summed E-state index contributed by atoms with van der Waals surface area (Å²) in [6.07, 6.45) is 3.64. The molecule has 1 N–H and O–H groups in total. The number of piperidine rings is 2. The molecule has 0 radical (unpaired) electrons. The highest BCUT2D eigenvalue weighted by atomic mass is 16.4. The van der Waals surface area contributed by atoms with Crippen LogP contribution in [-0.2, 0) is 14.4 Å². The van der Waals surface area contributed by atoms with E-state index >= 15 is 0 Å². The van der Waals surface area contributed by atoms with Gasteiger partial charge >= 0.3 is 5.97 Å². The van der Waals surface area contributed by atoms with Gasteiger partial charge in [-0.25, -0.2) is 0 Å². The van der Waals surface area contributed by atoms with Gasteiger partial charge in [-0.2, -0.15) is 0 Å². The fourth-order valence-electron chi connectivity index (χ4n) is 3.34. The van der Waals surface area contributed by atoms with Crippen LogP contribution in [0.5, 0.6) is 0 Å². The number of hydrogen-bond donors (Lipinski definition) is 1. The second-order valence-corrected chi connectivity index (χ2v) is 6.64. The standard InChI is InChI=1S/C16H26N2O4/c1-11(2)14(19)18-8-4-3-5-13(18)15(20)17-9-6-12(7-10-17)16(21)22/h11-13H,3-10H2,1-2H3,(H,21,22). The number of carboxylic acids is 1. The maximum Gasteiger partial charge on any atom is 0.306 e. The van der Waals surface area contributed by atoms with Crippen LogP contribution in [0.3, 0.4) is 0 Å². The van der Waals surface area contributed by atoms with Crippen LogP contribution in [0.1, 0.15) is 46.0 Å². The van der Waals surface area contributed by atoms with Crippen molar-refractivity contribution in [3.63, 3.8) is 0 Å². The Balaban J connectivity index is 2.01. The zero-order valence-electron chi connectivity index (χ0n) is 13.5. The third-order valence-corrected chi connectivity index (χ3v) is 4.72. The molecule has 6 nitrogen and oxygen atoms in total. The van der Waals surface area contributed by atoms with Crippen LogP contribution in [-0.4, -0.2) is 58.4 Å². The molecule has 2 rings (SSSR count). The SMILES string of the molecule is CC(C)C(=O)N1CCCCC1C(=O)N1CCC(C(=O)O)CC1. The number of nitrogens with zero attached hydrogens (tertiary/aromatic N) is 2. The summed E-state index contributed by atoms with van der Waals surface area (Å²) in [4.78, 5) is 39.5. The Hall–Kier alpha value is -1.59. The van der Waals surface area contributed by atoms with Gasteiger partial charge in [-0.1, -0.05) is 13.8 Å². The lowest BCUT2D eigenvalue weighted by Gasteiger charge is -2.40. The van der Waals surface area contributed by atoms with Crippen LogP contribution in [0.25, 0.3) is 0 Å². The molecule has 1 unspecified atom stereocenters. The van der Waals surface area contributed by atoms with E-state index in [2.05, 4.69) is 0 Å². The van der Waals surface area contributed by atoms with E-state index in [1.807, 2.05) is 13.8 Å². The topological polar surface area (TPSA) is 77.9 Å². The highest BCUT2D eigenvalue weighted by Crippen LogP contribution is 2.24. The molecule has 0 bridgehead atoms. The number of carbonyl (C=O) groups excluding carboxylic acids is 2. The van der Waals surface area contributed by atoms with Crippen molar-refractivity contribution < 1.29 is 19.5 Å². The van der Waals surface area contributed by atoms with Crippen molar-refractivity contribution in [3.05, 3.63) is 0 Å². The van der Waals surface area contributed by atoms with Crippen molar-refractivity contribution in [2.45, 2.75) is 52.0 Å². The van der Waals surface area contributed by atoms with E-state index in [4.69, 9.17) is 5.11 Å². The highest BCUT2D eigenvalue weighted by molar-refractivity contribution is 5.88. The molecule has 1 atom stereocenters. The van der Waals surface area contributed by atoms with E-state index < -0.39 is 5.97 Å². The number of carboxylic acid groups (broad SMARTS) is 1. The molecule has 2 aliphatic heterocycles. The Morgan fingerprint density at radius 3 is 2.18 bits per heavy atom. The van der Waals surface area contributed by atoms with Gasteiger partial charge in [0.05, 0.1) is 5.92 Å². The Morgan fingerprint density at radius 2 is 1.64 bits per heavy atom. The van der Waals surface area contributed by atoms with Crippen LogP contribution >= 0.6 is 0 Å². The third-order valence-electron chi connectivity index (χ3n) is 4.72. The van der Waals surface area contributed by atoms with E-state index in [9.17, 15) is 14.4 Å². The number of likely N-dealkylation sites (tertiary alicyclic amines) is 2. The van der Waals surface area contributed by atoms with Crippen LogP contribution in [0, 0.1) is 11.8 Å². The lowest BCUT2D eigenvalue weighted by molar-refractivity contribution is -0.152. The summed E-state index contributed by atoms with van der Waals surface area (Å²) >= 11 is 0. The van der Waals surface area contributed by atoms with Gasteiger partial charge in [0.2, 0.25) is 11.8 Å². The third kappa shape index (κ3) is 3.59. The monoisotopic (exact) mass is 310 g/mol. The second kappa shape index (κ2) is 7.11. The first-order valence-corrected chi connectivity index (χ1v) is 8.24. The average molecular weight is 310 g/mol. The maximum absolute atomic E-state index is 12.8. The summed E-state index contributed by atoms with van der Waals surface area (Å²) in [6.45, 7) is 5.33. The molecule has 0 aromatic heterocycles. The van der Waals surface area contributed by atoms with E-state index in [0.717, 1.165) is 19.3 Å².